The highest BCUT2D eigenvalue weighted by Crippen LogP contribution is 2.25. The van der Waals surface area contributed by atoms with Gasteiger partial charge in [0.2, 0.25) is 5.91 Å². The lowest BCUT2D eigenvalue weighted by Crippen LogP contribution is -2.15. The van der Waals surface area contributed by atoms with Crippen molar-refractivity contribution in [2.24, 2.45) is 0 Å². The lowest BCUT2D eigenvalue weighted by atomic mass is 10.2. The number of aromatic nitrogens is 2. The number of methoxy groups -OCH3 is 1. The van der Waals surface area contributed by atoms with Gasteiger partial charge in [-0.05, 0) is 48.5 Å². The number of imidazole rings is 1. The van der Waals surface area contributed by atoms with E-state index < -0.39 is 0 Å². The number of rotatable bonds is 9. The number of nitrogens with zero attached hydrogens (tertiary/aromatic N) is 2. The van der Waals surface area contributed by atoms with Crippen molar-refractivity contribution < 1.29 is 14.3 Å². The van der Waals surface area contributed by atoms with E-state index in [9.17, 15) is 9.59 Å². The molecule has 4 rings (SSSR count). The molecule has 8 heteroatoms. The van der Waals surface area contributed by atoms with E-state index in [1.807, 2.05) is 47.0 Å². The Labute approximate surface area is 201 Å². The summed E-state index contributed by atoms with van der Waals surface area (Å²) in [7, 11) is 1.55. The molecule has 4 aromatic rings. The molecule has 0 aliphatic rings. The van der Waals surface area contributed by atoms with Gasteiger partial charge in [-0.15, -0.1) is 6.58 Å². The van der Waals surface area contributed by atoms with Crippen LogP contribution in [-0.2, 0) is 11.3 Å². The second-order valence-electron chi connectivity index (χ2n) is 7.35. The topological polar surface area (TPSA) is 85.2 Å². The summed E-state index contributed by atoms with van der Waals surface area (Å²) in [6.45, 7) is 4.43. The van der Waals surface area contributed by atoms with Gasteiger partial charge in [-0.3, -0.25) is 9.59 Å². The van der Waals surface area contributed by atoms with Gasteiger partial charge in [-0.2, -0.15) is 0 Å². The smallest absolute Gasteiger partial charge is 0.255 e. The Morgan fingerprint density at radius 3 is 2.53 bits per heavy atom. The summed E-state index contributed by atoms with van der Waals surface area (Å²) in [5, 5.41) is 6.46. The molecule has 0 bridgehead atoms. The molecule has 172 valence electrons. The van der Waals surface area contributed by atoms with E-state index >= 15 is 0 Å². The fourth-order valence-corrected chi connectivity index (χ4v) is 4.27. The number of nitrogens with one attached hydrogen (secondary N) is 2. The fourth-order valence-electron chi connectivity index (χ4n) is 3.44. The summed E-state index contributed by atoms with van der Waals surface area (Å²) in [5.41, 5.74) is 3.56. The van der Waals surface area contributed by atoms with Gasteiger partial charge in [0.25, 0.3) is 5.91 Å². The van der Waals surface area contributed by atoms with Gasteiger partial charge in [0, 0.05) is 17.8 Å². The highest BCUT2D eigenvalue weighted by atomic mass is 32.2. The van der Waals surface area contributed by atoms with Gasteiger partial charge in [-0.25, -0.2) is 4.98 Å². The molecule has 1 heterocycles. The third kappa shape index (κ3) is 5.29. The van der Waals surface area contributed by atoms with Crippen molar-refractivity contribution in [2.45, 2.75) is 11.7 Å². The molecule has 0 unspecified atom stereocenters. The Balaban J connectivity index is 1.36. The van der Waals surface area contributed by atoms with Crippen LogP contribution in [0.3, 0.4) is 0 Å². The average Bonchev–Trinajstić information content (AvgIpc) is 3.21. The summed E-state index contributed by atoms with van der Waals surface area (Å²) >= 11 is 1.37. The largest absolute Gasteiger partial charge is 0.495 e. The molecule has 2 N–H and O–H groups in total. The predicted molar refractivity (Wildman–Crippen MR) is 137 cm³/mol. The summed E-state index contributed by atoms with van der Waals surface area (Å²) < 4.78 is 7.30. The van der Waals surface area contributed by atoms with Crippen molar-refractivity contribution in [1.29, 1.82) is 0 Å². The Bertz CT molecular complexity index is 1330. The van der Waals surface area contributed by atoms with Crippen LogP contribution in [0.2, 0.25) is 0 Å². The fraction of sp³-hybridized carbons (Fsp3) is 0.115. The van der Waals surface area contributed by atoms with Gasteiger partial charge in [0.1, 0.15) is 5.75 Å². The SMILES string of the molecule is C=CCn1c(SCC(=O)Nc2ccc(C(=O)Nc3ccccc3OC)cc2)nc2ccccc21. The molecule has 0 fully saturated rings. The minimum Gasteiger partial charge on any atom is -0.495 e. The highest BCUT2D eigenvalue weighted by Gasteiger charge is 2.13. The number of carbonyl (C=O) groups excluding carboxylic acids is 2. The van der Waals surface area contributed by atoms with Crippen LogP contribution in [0.15, 0.2) is 90.6 Å². The molecular weight excluding hydrogens is 448 g/mol. The maximum absolute atomic E-state index is 12.6. The van der Waals surface area contributed by atoms with Gasteiger partial charge in [0.15, 0.2) is 5.16 Å². The summed E-state index contributed by atoms with van der Waals surface area (Å²) in [6.07, 6.45) is 1.81. The second kappa shape index (κ2) is 10.7. The number of anilines is 2. The van der Waals surface area contributed by atoms with E-state index in [2.05, 4.69) is 22.2 Å². The Morgan fingerprint density at radius 2 is 1.76 bits per heavy atom. The monoisotopic (exact) mass is 472 g/mol. The van der Waals surface area contributed by atoms with E-state index in [1.165, 1.54) is 11.8 Å². The highest BCUT2D eigenvalue weighted by molar-refractivity contribution is 7.99. The van der Waals surface area contributed by atoms with Gasteiger partial charge in [0.05, 0.1) is 29.6 Å². The van der Waals surface area contributed by atoms with Crippen LogP contribution in [-0.4, -0.2) is 34.2 Å². The van der Waals surface area contributed by atoms with Gasteiger partial charge in [-0.1, -0.05) is 42.1 Å². The molecule has 0 atom stereocenters. The number of amides is 2. The first kappa shape index (κ1) is 23.1. The van der Waals surface area contributed by atoms with Crippen molar-refractivity contribution in [3.8, 4) is 5.75 Å². The van der Waals surface area contributed by atoms with Crippen molar-refractivity contribution in [3.05, 3.63) is 91.0 Å². The minimum absolute atomic E-state index is 0.159. The van der Waals surface area contributed by atoms with Crippen LogP contribution in [0.25, 0.3) is 11.0 Å². The predicted octanol–water partition coefficient (Wildman–Crippen LogP) is 5.21. The van der Waals surface area contributed by atoms with Crippen molar-refractivity contribution in [3.63, 3.8) is 0 Å². The molecule has 3 aromatic carbocycles. The third-order valence-corrected chi connectivity index (χ3v) is 6.03. The lowest BCUT2D eigenvalue weighted by molar-refractivity contribution is -0.113. The molecule has 0 aliphatic heterocycles. The first-order valence-corrected chi connectivity index (χ1v) is 11.6. The number of hydrogen-bond donors (Lipinski definition) is 2. The molecule has 0 aliphatic carbocycles. The first-order chi connectivity index (χ1) is 16.6. The molecule has 0 spiro atoms. The normalized spacial score (nSPS) is 10.6. The standard InChI is InChI=1S/C26H24N4O3S/c1-3-16-30-22-10-6-4-8-20(22)29-26(30)34-17-24(31)27-19-14-12-18(13-15-19)25(32)28-21-9-5-7-11-23(21)33-2/h3-15H,1,16-17H2,2H3,(H,27,31)(H,28,32). The van der Waals surface area contributed by atoms with Crippen LogP contribution in [0, 0.1) is 0 Å². The second-order valence-corrected chi connectivity index (χ2v) is 8.29. The van der Waals surface area contributed by atoms with E-state index in [1.54, 1.807) is 43.5 Å². The molecule has 0 saturated heterocycles. The number of hydrogen-bond acceptors (Lipinski definition) is 5. The lowest BCUT2D eigenvalue weighted by Gasteiger charge is -2.10. The molecule has 34 heavy (non-hydrogen) atoms. The van der Waals surface area contributed by atoms with Crippen molar-refractivity contribution in [2.75, 3.05) is 23.5 Å². The summed E-state index contributed by atoms with van der Waals surface area (Å²) in [4.78, 5) is 29.7. The molecule has 0 saturated carbocycles. The summed E-state index contributed by atoms with van der Waals surface area (Å²) in [5.74, 6) is 0.364. The summed E-state index contributed by atoms with van der Waals surface area (Å²) in [6, 6.07) is 21.8. The number of para-hydroxylation sites is 4. The van der Waals surface area contributed by atoms with Crippen LogP contribution < -0.4 is 15.4 Å². The number of ether oxygens (including phenoxy) is 1. The minimum atomic E-state index is -0.265. The zero-order valence-electron chi connectivity index (χ0n) is 18.7. The third-order valence-electron chi connectivity index (χ3n) is 5.05. The number of allylic oxidation sites excluding steroid dienone is 1. The van der Waals surface area contributed by atoms with Crippen LogP contribution in [0.1, 0.15) is 10.4 Å². The zero-order valence-corrected chi connectivity index (χ0v) is 19.5. The van der Waals surface area contributed by atoms with Crippen LogP contribution in [0.4, 0.5) is 11.4 Å². The molecular formula is C26H24N4O3S. The maximum atomic E-state index is 12.6. The van der Waals surface area contributed by atoms with E-state index in [-0.39, 0.29) is 17.6 Å². The first-order valence-electron chi connectivity index (χ1n) is 10.6. The Morgan fingerprint density at radius 1 is 1.03 bits per heavy atom. The Kier molecular flexibility index (Phi) is 7.29. The number of carbonyl (C=O) groups is 2. The van der Waals surface area contributed by atoms with Crippen LogP contribution >= 0.6 is 11.8 Å². The molecule has 7 nitrogen and oxygen atoms in total. The number of fused-ring (bicyclic) bond motifs is 1. The molecule has 1 aromatic heterocycles. The molecule has 0 radical (unpaired) electrons. The van der Waals surface area contributed by atoms with E-state index in [0.29, 0.717) is 29.2 Å². The van der Waals surface area contributed by atoms with Crippen molar-refractivity contribution >= 4 is 46.0 Å². The van der Waals surface area contributed by atoms with Gasteiger partial charge >= 0.3 is 0 Å². The number of benzene rings is 3. The molecule has 2 amide bonds. The number of thioether (sulfide) groups is 1. The van der Waals surface area contributed by atoms with E-state index in [0.717, 1.165) is 16.2 Å². The average molecular weight is 473 g/mol. The van der Waals surface area contributed by atoms with Gasteiger partial charge < -0.3 is 19.9 Å². The quantitative estimate of drug-likeness (QED) is 0.258. The van der Waals surface area contributed by atoms with Crippen LogP contribution in [0.5, 0.6) is 5.75 Å². The van der Waals surface area contributed by atoms with E-state index in [4.69, 9.17) is 4.74 Å². The van der Waals surface area contributed by atoms with Crippen molar-refractivity contribution in [1.82, 2.24) is 9.55 Å². The zero-order chi connectivity index (χ0) is 23.9. The Hall–Kier alpha value is -4.04. The maximum Gasteiger partial charge on any atom is 0.255 e.